The van der Waals surface area contributed by atoms with E-state index in [2.05, 4.69) is 22.3 Å². The topological polar surface area (TPSA) is 66.4 Å². The summed E-state index contributed by atoms with van der Waals surface area (Å²) in [5.74, 6) is 1.43. The predicted molar refractivity (Wildman–Crippen MR) is 103 cm³/mol. The SMILES string of the molecule is CN=C(NCC1CCCCN1C(=O)OC(C)(C)C)N(C)CC1CCOC1. The van der Waals surface area contributed by atoms with Crippen LogP contribution in [-0.4, -0.2) is 80.4 Å². The fourth-order valence-electron chi connectivity index (χ4n) is 3.57. The van der Waals surface area contributed by atoms with Gasteiger partial charge in [-0.15, -0.1) is 0 Å². The van der Waals surface area contributed by atoms with Gasteiger partial charge < -0.3 is 24.6 Å². The summed E-state index contributed by atoms with van der Waals surface area (Å²) in [6.45, 7) is 9.80. The molecule has 1 amide bonds. The highest BCUT2D eigenvalue weighted by Gasteiger charge is 2.30. The van der Waals surface area contributed by atoms with Crippen LogP contribution in [0.4, 0.5) is 4.79 Å². The first-order chi connectivity index (χ1) is 12.3. The molecule has 0 aliphatic carbocycles. The van der Waals surface area contributed by atoms with Crippen LogP contribution in [0.3, 0.4) is 0 Å². The molecule has 0 radical (unpaired) electrons. The summed E-state index contributed by atoms with van der Waals surface area (Å²) in [5.41, 5.74) is -0.466. The smallest absolute Gasteiger partial charge is 0.410 e. The number of carbonyl (C=O) groups excluding carboxylic acids is 1. The zero-order valence-corrected chi connectivity index (χ0v) is 17.1. The van der Waals surface area contributed by atoms with Gasteiger partial charge in [0.2, 0.25) is 0 Å². The number of aliphatic imine (C=N–C) groups is 1. The lowest BCUT2D eigenvalue weighted by Crippen LogP contribution is -2.52. The van der Waals surface area contributed by atoms with Gasteiger partial charge in [0.25, 0.3) is 0 Å². The van der Waals surface area contributed by atoms with Crippen molar-refractivity contribution in [1.82, 2.24) is 15.1 Å². The number of hydrogen-bond donors (Lipinski definition) is 1. The lowest BCUT2D eigenvalue weighted by atomic mass is 10.0. The van der Waals surface area contributed by atoms with Gasteiger partial charge in [-0.2, -0.15) is 0 Å². The molecular formula is C19H36N4O3. The molecule has 7 heteroatoms. The Morgan fingerprint density at radius 3 is 2.73 bits per heavy atom. The van der Waals surface area contributed by atoms with Crippen molar-refractivity contribution in [2.45, 2.75) is 58.1 Å². The molecular weight excluding hydrogens is 332 g/mol. The number of amides is 1. The van der Waals surface area contributed by atoms with Gasteiger partial charge in [-0.05, 0) is 46.5 Å². The maximum Gasteiger partial charge on any atom is 0.410 e. The van der Waals surface area contributed by atoms with E-state index in [4.69, 9.17) is 9.47 Å². The number of guanidine groups is 1. The van der Waals surface area contributed by atoms with Gasteiger partial charge in [-0.1, -0.05) is 0 Å². The van der Waals surface area contributed by atoms with E-state index < -0.39 is 5.60 Å². The van der Waals surface area contributed by atoms with Gasteiger partial charge >= 0.3 is 6.09 Å². The minimum absolute atomic E-state index is 0.138. The Labute approximate surface area is 158 Å². The van der Waals surface area contributed by atoms with Gasteiger partial charge in [-0.25, -0.2) is 4.79 Å². The summed E-state index contributed by atoms with van der Waals surface area (Å²) in [7, 11) is 3.86. The van der Waals surface area contributed by atoms with Crippen molar-refractivity contribution in [2.75, 3.05) is 46.9 Å². The zero-order valence-electron chi connectivity index (χ0n) is 17.1. The third-order valence-corrected chi connectivity index (χ3v) is 4.88. The van der Waals surface area contributed by atoms with Crippen molar-refractivity contribution in [3.63, 3.8) is 0 Å². The molecule has 1 N–H and O–H groups in total. The van der Waals surface area contributed by atoms with Crippen LogP contribution in [0.2, 0.25) is 0 Å². The molecule has 2 fully saturated rings. The van der Waals surface area contributed by atoms with Crippen LogP contribution in [0, 0.1) is 5.92 Å². The fourth-order valence-corrected chi connectivity index (χ4v) is 3.57. The van der Waals surface area contributed by atoms with Gasteiger partial charge in [0, 0.05) is 46.3 Å². The van der Waals surface area contributed by atoms with Crippen molar-refractivity contribution in [3.8, 4) is 0 Å². The molecule has 150 valence electrons. The molecule has 2 aliphatic rings. The molecule has 0 bridgehead atoms. The van der Waals surface area contributed by atoms with E-state index in [1.165, 1.54) is 0 Å². The quantitative estimate of drug-likeness (QED) is 0.609. The number of likely N-dealkylation sites (tertiary alicyclic amines) is 1. The number of nitrogens with zero attached hydrogens (tertiary/aromatic N) is 3. The maximum absolute atomic E-state index is 12.5. The first kappa shape index (κ1) is 20.8. The first-order valence-corrected chi connectivity index (χ1v) is 9.79. The molecule has 0 spiro atoms. The Kier molecular flexibility index (Phi) is 7.55. The molecule has 26 heavy (non-hydrogen) atoms. The largest absolute Gasteiger partial charge is 0.444 e. The van der Waals surface area contributed by atoms with E-state index in [9.17, 15) is 4.79 Å². The van der Waals surface area contributed by atoms with Crippen molar-refractivity contribution in [2.24, 2.45) is 10.9 Å². The van der Waals surface area contributed by atoms with Crippen LogP contribution in [0.25, 0.3) is 0 Å². The Bertz CT molecular complexity index is 484. The van der Waals surface area contributed by atoms with Gasteiger partial charge in [-0.3, -0.25) is 4.99 Å². The molecule has 2 rings (SSSR count). The van der Waals surface area contributed by atoms with E-state index in [-0.39, 0.29) is 12.1 Å². The highest BCUT2D eigenvalue weighted by molar-refractivity contribution is 5.79. The molecule has 0 aromatic carbocycles. The lowest BCUT2D eigenvalue weighted by Gasteiger charge is -2.37. The highest BCUT2D eigenvalue weighted by Crippen LogP contribution is 2.20. The van der Waals surface area contributed by atoms with Crippen LogP contribution in [0.5, 0.6) is 0 Å². The van der Waals surface area contributed by atoms with Gasteiger partial charge in [0.1, 0.15) is 5.60 Å². The molecule has 0 aromatic rings. The number of hydrogen-bond acceptors (Lipinski definition) is 4. The third-order valence-electron chi connectivity index (χ3n) is 4.88. The first-order valence-electron chi connectivity index (χ1n) is 9.79. The average molecular weight is 369 g/mol. The van der Waals surface area contributed by atoms with E-state index >= 15 is 0 Å². The summed E-state index contributed by atoms with van der Waals surface area (Å²) in [6.07, 6.45) is 4.06. The lowest BCUT2D eigenvalue weighted by molar-refractivity contribution is 0.0104. The summed E-state index contributed by atoms with van der Waals surface area (Å²) in [6, 6.07) is 0.138. The number of ether oxygens (including phenoxy) is 2. The average Bonchev–Trinajstić information content (AvgIpc) is 3.07. The van der Waals surface area contributed by atoms with E-state index in [0.717, 1.165) is 57.9 Å². The number of carbonyl (C=O) groups is 1. The third kappa shape index (κ3) is 6.34. The fraction of sp³-hybridized carbons (Fsp3) is 0.895. The van der Waals surface area contributed by atoms with Crippen molar-refractivity contribution < 1.29 is 14.3 Å². The molecule has 2 aliphatic heterocycles. The van der Waals surface area contributed by atoms with Crippen LogP contribution in [0.1, 0.15) is 46.5 Å². The Morgan fingerprint density at radius 2 is 2.12 bits per heavy atom. The molecule has 0 aromatic heterocycles. The van der Waals surface area contributed by atoms with Gasteiger partial charge in [0.05, 0.1) is 12.6 Å². The second-order valence-electron chi connectivity index (χ2n) is 8.36. The summed E-state index contributed by atoms with van der Waals surface area (Å²) < 4.78 is 11.0. The normalized spacial score (nSPS) is 24.5. The minimum atomic E-state index is -0.466. The zero-order chi connectivity index (χ0) is 19.2. The van der Waals surface area contributed by atoms with Crippen LogP contribution >= 0.6 is 0 Å². The van der Waals surface area contributed by atoms with E-state index in [0.29, 0.717) is 12.5 Å². The van der Waals surface area contributed by atoms with E-state index in [1.807, 2.05) is 25.7 Å². The molecule has 2 heterocycles. The van der Waals surface area contributed by atoms with Crippen LogP contribution in [0.15, 0.2) is 4.99 Å². The second-order valence-corrected chi connectivity index (χ2v) is 8.36. The number of rotatable bonds is 4. The molecule has 2 unspecified atom stereocenters. The molecule has 0 saturated carbocycles. The maximum atomic E-state index is 12.5. The molecule has 7 nitrogen and oxygen atoms in total. The summed E-state index contributed by atoms with van der Waals surface area (Å²) >= 11 is 0. The van der Waals surface area contributed by atoms with E-state index in [1.54, 1.807) is 7.05 Å². The Hall–Kier alpha value is -1.50. The Balaban J connectivity index is 1.88. The predicted octanol–water partition coefficient (Wildman–Crippen LogP) is 2.32. The van der Waals surface area contributed by atoms with Crippen LogP contribution in [-0.2, 0) is 9.47 Å². The van der Waals surface area contributed by atoms with Crippen molar-refractivity contribution in [3.05, 3.63) is 0 Å². The minimum Gasteiger partial charge on any atom is -0.444 e. The second kappa shape index (κ2) is 9.44. The number of nitrogens with one attached hydrogen (secondary N) is 1. The summed E-state index contributed by atoms with van der Waals surface area (Å²) in [5, 5.41) is 3.45. The Morgan fingerprint density at radius 1 is 1.35 bits per heavy atom. The van der Waals surface area contributed by atoms with Crippen LogP contribution < -0.4 is 5.32 Å². The van der Waals surface area contributed by atoms with Gasteiger partial charge in [0.15, 0.2) is 5.96 Å². The standard InChI is InChI=1S/C19H36N4O3/c1-19(2,3)26-18(24)23-10-7-6-8-16(23)12-21-17(20-4)22(5)13-15-9-11-25-14-15/h15-16H,6-14H2,1-5H3,(H,20,21). The molecule has 2 saturated heterocycles. The summed E-state index contributed by atoms with van der Waals surface area (Å²) in [4.78, 5) is 21.0. The highest BCUT2D eigenvalue weighted by atomic mass is 16.6. The van der Waals surface area contributed by atoms with Crippen molar-refractivity contribution in [1.29, 1.82) is 0 Å². The molecule has 2 atom stereocenters. The van der Waals surface area contributed by atoms with Crippen molar-refractivity contribution >= 4 is 12.1 Å². The monoisotopic (exact) mass is 368 g/mol. The number of piperidine rings is 1.